The van der Waals surface area contributed by atoms with Crippen LogP contribution in [0.25, 0.3) is 0 Å². The lowest BCUT2D eigenvalue weighted by molar-refractivity contribution is -0.137. The second kappa shape index (κ2) is 8.87. The molecule has 0 aliphatic heterocycles. The molecule has 0 heterocycles. The highest BCUT2D eigenvalue weighted by Gasteiger charge is 2.20. The van der Waals surface area contributed by atoms with Gasteiger partial charge in [-0.15, -0.1) is 0 Å². The van der Waals surface area contributed by atoms with E-state index in [1.165, 1.54) is 0 Å². The molecule has 6 heteroatoms. The predicted molar refractivity (Wildman–Crippen MR) is 74.8 cm³/mol. The monoisotopic (exact) mass is 273 g/mol. The Hall–Kier alpha value is -1.14. The van der Waals surface area contributed by atoms with Crippen LogP contribution in [0.5, 0.6) is 0 Å². The van der Waals surface area contributed by atoms with Gasteiger partial charge in [-0.05, 0) is 32.9 Å². The number of nitrogens with zero attached hydrogens (tertiary/aromatic N) is 1. The summed E-state index contributed by atoms with van der Waals surface area (Å²) in [6.07, 6.45) is 0.949. The molecule has 0 spiro atoms. The molecule has 0 aliphatic rings. The second-order valence-corrected chi connectivity index (χ2v) is 5.64. The minimum Gasteiger partial charge on any atom is -0.481 e. The maximum Gasteiger partial charge on any atom is 0.303 e. The van der Waals surface area contributed by atoms with Gasteiger partial charge in [-0.25, -0.2) is 0 Å². The molecule has 0 rings (SSSR count). The van der Waals surface area contributed by atoms with E-state index in [0.717, 1.165) is 13.0 Å². The molecule has 0 saturated heterocycles. The summed E-state index contributed by atoms with van der Waals surface area (Å²) in [4.78, 5) is 24.3. The number of rotatable bonds is 9. The number of hydrogen-bond donors (Lipinski definition) is 3. The molecule has 0 bridgehead atoms. The summed E-state index contributed by atoms with van der Waals surface area (Å²) in [5.74, 6) is -0.732. The number of carboxylic acid groups (broad SMARTS) is 1. The smallest absolute Gasteiger partial charge is 0.303 e. The SMILES string of the molecule is CC(C)CC(CN(C)C)NC(=O)C(N)CCC(=O)O. The minimum absolute atomic E-state index is 0.0402. The quantitative estimate of drug-likeness (QED) is 0.560. The standard InChI is InChI=1S/C13H27N3O3/c1-9(2)7-10(8-16(3)4)15-13(19)11(14)5-6-12(17)18/h9-11H,5-8,14H2,1-4H3,(H,15,19)(H,17,18). The van der Waals surface area contributed by atoms with Crippen molar-refractivity contribution in [2.24, 2.45) is 11.7 Å². The third-order valence-electron chi connectivity index (χ3n) is 2.69. The van der Waals surface area contributed by atoms with Crippen molar-refractivity contribution >= 4 is 11.9 Å². The van der Waals surface area contributed by atoms with E-state index in [-0.39, 0.29) is 24.8 Å². The van der Waals surface area contributed by atoms with Crippen molar-refractivity contribution in [3.8, 4) is 0 Å². The number of nitrogens with one attached hydrogen (secondary N) is 1. The van der Waals surface area contributed by atoms with Gasteiger partial charge in [-0.1, -0.05) is 13.8 Å². The molecule has 0 aromatic heterocycles. The Labute approximate surface area is 115 Å². The Kier molecular flexibility index (Phi) is 8.34. The third kappa shape index (κ3) is 9.44. The predicted octanol–water partition coefficient (Wildman–Crippen LogP) is 0.271. The molecular weight excluding hydrogens is 246 g/mol. The number of aliphatic carboxylic acids is 1. The number of carbonyl (C=O) groups is 2. The fourth-order valence-corrected chi connectivity index (χ4v) is 1.91. The normalized spacial score (nSPS) is 14.5. The molecule has 2 unspecified atom stereocenters. The molecule has 0 fully saturated rings. The van der Waals surface area contributed by atoms with E-state index < -0.39 is 12.0 Å². The third-order valence-corrected chi connectivity index (χ3v) is 2.69. The van der Waals surface area contributed by atoms with Crippen molar-refractivity contribution in [2.45, 2.75) is 45.2 Å². The minimum atomic E-state index is -0.935. The average Bonchev–Trinajstić information content (AvgIpc) is 2.23. The molecule has 1 amide bonds. The molecule has 2 atom stereocenters. The Bertz CT molecular complexity index is 283. The van der Waals surface area contributed by atoms with Crippen LogP contribution in [0.4, 0.5) is 0 Å². The van der Waals surface area contributed by atoms with Crippen LogP contribution in [0.3, 0.4) is 0 Å². The largest absolute Gasteiger partial charge is 0.481 e. The second-order valence-electron chi connectivity index (χ2n) is 5.64. The summed E-state index contributed by atoms with van der Waals surface area (Å²) in [5, 5.41) is 11.5. The molecule has 0 saturated carbocycles. The number of carbonyl (C=O) groups excluding carboxylic acids is 1. The van der Waals surface area contributed by atoms with Crippen LogP contribution in [0.1, 0.15) is 33.1 Å². The van der Waals surface area contributed by atoms with Crippen LogP contribution in [-0.2, 0) is 9.59 Å². The molecule has 19 heavy (non-hydrogen) atoms. The Morgan fingerprint density at radius 1 is 1.32 bits per heavy atom. The maximum absolute atomic E-state index is 11.9. The number of amides is 1. The molecule has 112 valence electrons. The van der Waals surface area contributed by atoms with Crippen LogP contribution in [0, 0.1) is 5.92 Å². The van der Waals surface area contributed by atoms with Crippen molar-refractivity contribution in [3.05, 3.63) is 0 Å². The van der Waals surface area contributed by atoms with Crippen LogP contribution >= 0.6 is 0 Å². The number of carboxylic acids is 1. The Morgan fingerprint density at radius 2 is 1.89 bits per heavy atom. The van der Waals surface area contributed by atoms with Gasteiger partial charge in [-0.2, -0.15) is 0 Å². The van der Waals surface area contributed by atoms with E-state index >= 15 is 0 Å². The summed E-state index contributed by atoms with van der Waals surface area (Å²) in [6.45, 7) is 4.94. The van der Waals surface area contributed by atoms with Gasteiger partial charge in [0.2, 0.25) is 5.91 Å². The number of nitrogens with two attached hydrogens (primary N) is 1. The zero-order valence-electron chi connectivity index (χ0n) is 12.3. The van der Waals surface area contributed by atoms with Crippen LogP contribution in [-0.4, -0.2) is 54.6 Å². The molecule has 0 radical (unpaired) electrons. The van der Waals surface area contributed by atoms with Crippen LogP contribution < -0.4 is 11.1 Å². The molecular formula is C13H27N3O3. The first kappa shape index (κ1) is 17.9. The van der Waals surface area contributed by atoms with Gasteiger partial charge in [-0.3, -0.25) is 9.59 Å². The Balaban J connectivity index is 4.31. The summed E-state index contributed by atoms with van der Waals surface area (Å²) in [5.41, 5.74) is 5.69. The van der Waals surface area contributed by atoms with Crippen molar-refractivity contribution in [3.63, 3.8) is 0 Å². The summed E-state index contributed by atoms with van der Waals surface area (Å²) in [7, 11) is 3.90. The van der Waals surface area contributed by atoms with E-state index in [0.29, 0.717) is 5.92 Å². The van der Waals surface area contributed by atoms with Crippen molar-refractivity contribution in [1.82, 2.24) is 10.2 Å². The first-order valence-electron chi connectivity index (χ1n) is 6.64. The van der Waals surface area contributed by atoms with Gasteiger partial charge in [0.25, 0.3) is 0 Å². The zero-order chi connectivity index (χ0) is 15.0. The van der Waals surface area contributed by atoms with Crippen molar-refractivity contribution in [2.75, 3.05) is 20.6 Å². The molecule has 4 N–H and O–H groups in total. The molecule has 0 aromatic rings. The van der Waals surface area contributed by atoms with Gasteiger partial charge < -0.3 is 21.1 Å². The Morgan fingerprint density at radius 3 is 2.32 bits per heavy atom. The number of likely N-dealkylation sites (N-methyl/N-ethyl adjacent to an activating group) is 1. The molecule has 0 aromatic carbocycles. The van der Waals surface area contributed by atoms with Crippen LogP contribution in [0.15, 0.2) is 0 Å². The van der Waals surface area contributed by atoms with E-state index in [1.54, 1.807) is 0 Å². The topological polar surface area (TPSA) is 95.7 Å². The van der Waals surface area contributed by atoms with Gasteiger partial charge in [0.15, 0.2) is 0 Å². The van der Waals surface area contributed by atoms with E-state index in [9.17, 15) is 9.59 Å². The highest BCUT2D eigenvalue weighted by Crippen LogP contribution is 2.06. The average molecular weight is 273 g/mol. The lowest BCUT2D eigenvalue weighted by atomic mass is 10.0. The highest BCUT2D eigenvalue weighted by molar-refractivity contribution is 5.82. The van der Waals surface area contributed by atoms with Gasteiger partial charge in [0, 0.05) is 19.0 Å². The summed E-state index contributed by atoms with van der Waals surface area (Å²) < 4.78 is 0. The van der Waals surface area contributed by atoms with Gasteiger partial charge in [0.05, 0.1) is 6.04 Å². The maximum atomic E-state index is 11.9. The zero-order valence-corrected chi connectivity index (χ0v) is 12.3. The molecule has 6 nitrogen and oxygen atoms in total. The fourth-order valence-electron chi connectivity index (χ4n) is 1.91. The van der Waals surface area contributed by atoms with Gasteiger partial charge >= 0.3 is 5.97 Å². The first-order chi connectivity index (χ1) is 8.72. The molecule has 0 aliphatic carbocycles. The van der Waals surface area contributed by atoms with Gasteiger partial charge in [0.1, 0.15) is 0 Å². The summed E-state index contributed by atoms with van der Waals surface area (Å²) >= 11 is 0. The number of hydrogen-bond acceptors (Lipinski definition) is 4. The highest BCUT2D eigenvalue weighted by atomic mass is 16.4. The fraction of sp³-hybridized carbons (Fsp3) is 0.846. The van der Waals surface area contributed by atoms with E-state index in [1.807, 2.05) is 19.0 Å². The van der Waals surface area contributed by atoms with E-state index in [2.05, 4.69) is 19.2 Å². The lowest BCUT2D eigenvalue weighted by Gasteiger charge is -2.25. The van der Waals surface area contributed by atoms with Crippen LogP contribution in [0.2, 0.25) is 0 Å². The first-order valence-corrected chi connectivity index (χ1v) is 6.64. The lowest BCUT2D eigenvalue weighted by Crippen LogP contribution is -2.49. The van der Waals surface area contributed by atoms with Crippen molar-refractivity contribution < 1.29 is 14.7 Å². The van der Waals surface area contributed by atoms with E-state index in [4.69, 9.17) is 10.8 Å². The van der Waals surface area contributed by atoms with Crippen molar-refractivity contribution in [1.29, 1.82) is 0 Å². The summed E-state index contributed by atoms with van der Waals surface area (Å²) in [6, 6.07) is -0.716.